The molecule has 1 N–H and O–H groups in total. The molecule has 1 amide bonds. The highest BCUT2D eigenvalue weighted by Gasteiger charge is 2.37. The van der Waals surface area contributed by atoms with Crippen molar-refractivity contribution in [2.75, 3.05) is 0 Å². The molecule has 0 bridgehead atoms. The van der Waals surface area contributed by atoms with Crippen LogP contribution in [0.25, 0.3) is 16.9 Å². The Labute approximate surface area is 150 Å². The van der Waals surface area contributed by atoms with Crippen molar-refractivity contribution in [3.63, 3.8) is 0 Å². The lowest BCUT2D eigenvalue weighted by molar-refractivity contribution is 0.0976. The molecule has 1 aliphatic rings. The van der Waals surface area contributed by atoms with Crippen LogP contribution in [0.3, 0.4) is 0 Å². The summed E-state index contributed by atoms with van der Waals surface area (Å²) in [6, 6.07) is 8.54. The second kappa shape index (κ2) is 6.34. The molecule has 26 heavy (non-hydrogen) atoms. The van der Waals surface area contributed by atoms with Gasteiger partial charge >= 0.3 is 0 Å². The minimum absolute atomic E-state index is 0.0425. The predicted octanol–water partition coefficient (Wildman–Crippen LogP) is 1.55. The first-order valence-corrected chi connectivity index (χ1v) is 9.56. The second-order valence-corrected chi connectivity index (χ2v) is 7.93. The fourth-order valence-corrected chi connectivity index (χ4v) is 3.74. The summed E-state index contributed by atoms with van der Waals surface area (Å²) >= 11 is 0. The molecule has 3 aromatic heterocycles. The molecule has 1 aliphatic carbocycles. The molecule has 3 aromatic rings. The molecular formula is C17H15N5O3S. The molecule has 0 aromatic carbocycles. The van der Waals surface area contributed by atoms with Crippen LogP contribution in [-0.4, -0.2) is 39.3 Å². The number of amides is 1. The Morgan fingerprint density at radius 1 is 1.15 bits per heavy atom. The number of carbonyl (C=O) groups excluding carboxylic acids is 1. The van der Waals surface area contributed by atoms with E-state index in [-0.39, 0.29) is 5.69 Å². The van der Waals surface area contributed by atoms with Gasteiger partial charge in [0.25, 0.3) is 5.91 Å². The van der Waals surface area contributed by atoms with Gasteiger partial charge in [0, 0.05) is 18.0 Å². The van der Waals surface area contributed by atoms with Crippen LogP contribution in [0.15, 0.2) is 55.1 Å². The zero-order valence-electron chi connectivity index (χ0n) is 13.6. The van der Waals surface area contributed by atoms with E-state index in [2.05, 4.69) is 19.8 Å². The molecule has 0 unspecified atom stereocenters. The van der Waals surface area contributed by atoms with Crippen molar-refractivity contribution in [3.05, 3.63) is 60.8 Å². The topological polar surface area (TPSA) is 107 Å². The number of hydrogen-bond acceptors (Lipinski definition) is 6. The van der Waals surface area contributed by atoms with E-state index in [9.17, 15) is 13.2 Å². The molecule has 8 nitrogen and oxygen atoms in total. The standard InChI is InChI=1S/C17H15N5O3S/c23-17(21-26(24,25)14-6-7-14)16-5-1-4-15(20-16)12-9-19-22(11-12)13-3-2-8-18-10-13/h1-5,8-11,14H,6-7H2,(H,21,23). The molecule has 1 saturated carbocycles. The second-order valence-electron chi connectivity index (χ2n) is 5.97. The number of carbonyl (C=O) groups is 1. The van der Waals surface area contributed by atoms with Crippen molar-refractivity contribution in [1.29, 1.82) is 0 Å². The Balaban J connectivity index is 1.58. The SMILES string of the molecule is O=C(NS(=O)(=O)C1CC1)c1cccc(-c2cnn(-c3cccnc3)c2)n1. The van der Waals surface area contributed by atoms with Crippen molar-refractivity contribution >= 4 is 15.9 Å². The first kappa shape index (κ1) is 16.4. The number of sulfonamides is 1. The Morgan fingerprint density at radius 2 is 2.00 bits per heavy atom. The fraction of sp³-hybridized carbons (Fsp3) is 0.176. The van der Waals surface area contributed by atoms with Crippen LogP contribution in [0.4, 0.5) is 0 Å². The molecule has 0 spiro atoms. The van der Waals surface area contributed by atoms with Crippen LogP contribution in [0.5, 0.6) is 0 Å². The zero-order chi connectivity index (χ0) is 18.1. The third-order valence-electron chi connectivity index (χ3n) is 3.97. The van der Waals surface area contributed by atoms with Gasteiger partial charge in [0.15, 0.2) is 0 Å². The van der Waals surface area contributed by atoms with Crippen molar-refractivity contribution in [1.82, 2.24) is 24.5 Å². The van der Waals surface area contributed by atoms with Gasteiger partial charge < -0.3 is 0 Å². The van der Waals surface area contributed by atoms with Gasteiger partial charge in [-0.15, -0.1) is 0 Å². The summed E-state index contributed by atoms with van der Waals surface area (Å²) in [5.41, 5.74) is 2.06. The van der Waals surface area contributed by atoms with Crippen LogP contribution >= 0.6 is 0 Å². The van der Waals surface area contributed by atoms with E-state index in [1.807, 2.05) is 6.07 Å². The van der Waals surface area contributed by atoms with E-state index < -0.39 is 21.2 Å². The lowest BCUT2D eigenvalue weighted by atomic mass is 10.2. The minimum atomic E-state index is -3.61. The average molecular weight is 369 g/mol. The Morgan fingerprint density at radius 3 is 2.73 bits per heavy atom. The number of pyridine rings is 2. The smallest absolute Gasteiger partial charge is 0.266 e. The molecule has 9 heteroatoms. The largest absolute Gasteiger partial charge is 0.283 e. The van der Waals surface area contributed by atoms with Gasteiger partial charge in [-0.25, -0.2) is 22.8 Å². The lowest BCUT2D eigenvalue weighted by Gasteiger charge is -2.06. The van der Waals surface area contributed by atoms with Gasteiger partial charge in [0.2, 0.25) is 10.0 Å². The average Bonchev–Trinajstić information content (AvgIpc) is 3.41. The van der Waals surface area contributed by atoms with Crippen molar-refractivity contribution in [2.45, 2.75) is 18.1 Å². The quantitative estimate of drug-likeness (QED) is 0.731. The first-order chi connectivity index (χ1) is 12.5. The van der Waals surface area contributed by atoms with Crippen LogP contribution < -0.4 is 4.72 Å². The van der Waals surface area contributed by atoms with E-state index in [0.29, 0.717) is 24.1 Å². The Bertz CT molecular complexity index is 1060. The van der Waals surface area contributed by atoms with Crippen molar-refractivity contribution < 1.29 is 13.2 Å². The summed E-state index contributed by atoms with van der Waals surface area (Å²) < 4.78 is 27.6. The molecule has 0 aliphatic heterocycles. The van der Waals surface area contributed by atoms with Crippen LogP contribution in [-0.2, 0) is 10.0 Å². The van der Waals surface area contributed by atoms with Crippen molar-refractivity contribution in [3.8, 4) is 16.9 Å². The van der Waals surface area contributed by atoms with E-state index >= 15 is 0 Å². The monoisotopic (exact) mass is 369 g/mol. The number of nitrogens with one attached hydrogen (secondary N) is 1. The van der Waals surface area contributed by atoms with Crippen LogP contribution in [0, 0.1) is 0 Å². The Hall–Kier alpha value is -3.07. The molecule has 1 fully saturated rings. The van der Waals surface area contributed by atoms with Crippen LogP contribution in [0.1, 0.15) is 23.3 Å². The van der Waals surface area contributed by atoms with Gasteiger partial charge in [0.05, 0.1) is 29.0 Å². The molecule has 0 saturated heterocycles. The molecule has 4 rings (SSSR count). The highest BCUT2D eigenvalue weighted by molar-refractivity contribution is 7.91. The molecular weight excluding hydrogens is 354 g/mol. The maximum Gasteiger partial charge on any atom is 0.283 e. The van der Waals surface area contributed by atoms with Gasteiger partial charge in [-0.05, 0) is 37.1 Å². The third kappa shape index (κ3) is 3.33. The van der Waals surface area contributed by atoms with E-state index in [0.717, 1.165) is 5.69 Å². The summed E-state index contributed by atoms with van der Waals surface area (Å²) in [5.74, 6) is -0.724. The summed E-state index contributed by atoms with van der Waals surface area (Å²) in [4.78, 5) is 20.5. The zero-order valence-corrected chi connectivity index (χ0v) is 14.4. The van der Waals surface area contributed by atoms with Crippen LogP contribution in [0.2, 0.25) is 0 Å². The van der Waals surface area contributed by atoms with Gasteiger partial charge in [-0.2, -0.15) is 5.10 Å². The van der Waals surface area contributed by atoms with E-state index in [1.54, 1.807) is 47.7 Å². The summed E-state index contributed by atoms with van der Waals surface area (Å²) in [6.45, 7) is 0. The molecule has 0 atom stereocenters. The summed E-state index contributed by atoms with van der Waals surface area (Å²) in [5, 5.41) is 3.80. The predicted molar refractivity (Wildman–Crippen MR) is 94.0 cm³/mol. The first-order valence-electron chi connectivity index (χ1n) is 8.01. The molecule has 0 radical (unpaired) electrons. The normalized spacial score (nSPS) is 14.2. The lowest BCUT2D eigenvalue weighted by Crippen LogP contribution is -2.33. The van der Waals surface area contributed by atoms with E-state index in [4.69, 9.17) is 0 Å². The highest BCUT2D eigenvalue weighted by Crippen LogP contribution is 2.27. The summed E-state index contributed by atoms with van der Waals surface area (Å²) in [7, 11) is -3.61. The number of rotatable bonds is 5. The minimum Gasteiger partial charge on any atom is -0.266 e. The fourth-order valence-electron chi connectivity index (χ4n) is 2.45. The van der Waals surface area contributed by atoms with E-state index in [1.165, 1.54) is 6.07 Å². The Kier molecular flexibility index (Phi) is 4.00. The molecule has 132 valence electrons. The highest BCUT2D eigenvalue weighted by atomic mass is 32.2. The van der Waals surface area contributed by atoms with Gasteiger partial charge in [0.1, 0.15) is 5.69 Å². The number of nitrogens with zero attached hydrogens (tertiary/aromatic N) is 4. The van der Waals surface area contributed by atoms with Gasteiger partial charge in [-0.1, -0.05) is 6.07 Å². The maximum atomic E-state index is 12.2. The van der Waals surface area contributed by atoms with Crippen molar-refractivity contribution in [2.24, 2.45) is 0 Å². The summed E-state index contributed by atoms with van der Waals surface area (Å²) in [6.07, 6.45) is 7.91. The number of aromatic nitrogens is 4. The third-order valence-corrected chi connectivity index (χ3v) is 5.79. The maximum absolute atomic E-state index is 12.2. The number of hydrogen-bond donors (Lipinski definition) is 1. The van der Waals surface area contributed by atoms with Gasteiger partial charge in [-0.3, -0.25) is 9.78 Å². The molecule has 3 heterocycles.